The molecule has 1 rings (SSSR count). The Kier molecular flexibility index (Phi) is 5.77. The number of nitrogens with one attached hydrogen (secondary N) is 1. The molecule has 1 atom stereocenters. The zero-order valence-corrected chi connectivity index (χ0v) is 13.9. The Hall–Kier alpha value is 0.0300. The van der Waals surface area contributed by atoms with Gasteiger partial charge in [0.25, 0.3) is 0 Å². The SMILES string of the molecule is Cc1cc(Br)c(NS(=O)(=O)CC(C)CCl)cc1Cl. The first-order valence-electron chi connectivity index (χ1n) is 5.27. The average Bonchev–Trinajstić information content (AvgIpc) is 2.24. The summed E-state index contributed by atoms with van der Waals surface area (Å²) in [5.41, 5.74) is 1.31. The third-order valence-corrected chi connectivity index (χ3v) is 5.41. The van der Waals surface area contributed by atoms with E-state index in [2.05, 4.69) is 20.7 Å². The molecular weight excluding hydrogens is 361 g/mol. The summed E-state index contributed by atoms with van der Waals surface area (Å²) in [5, 5.41) is 0.515. The molecule has 1 aromatic carbocycles. The second-order valence-corrected chi connectivity index (χ2v) is 7.56. The van der Waals surface area contributed by atoms with Crippen LogP contribution in [0.2, 0.25) is 5.02 Å². The lowest BCUT2D eigenvalue weighted by Gasteiger charge is -2.13. The average molecular weight is 375 g/mol. The molecule has 7 heteroatoms. The highest BCUT2D eigenvalue weighted by Gasteiger charge is 2.17. The topological polar surface area (TPSA) is 46.2 Å². The number of halogens is 3. The number of hydrogen-bond donors (Lipinski definition) is 1. The summed E-state index contributed by atoms with van der Waals surface area (Å²) in [7, 11) is -3.42. The smallest absolute Gasteiger partial charge is 0.233 e. The fraction of sp³-hybridized carbons (Fsp3) is 0.455. The van der Waals surface area contributed by atoms with Gasteiger partial charge in [-0.2, -0.15) is 0 Å². The summed E-state index contributed by atoms with van der Waals surface area (Å²) in [5.74, 6) is 0.175. The van der Waals surface area contributed by atoms with Crippen LogP contribution in [0.1, 0.15) is 12.5 Å². The number of benzene rings is 1. The molecule has 0 aliphatic rings. The molecular formula is C11H14BrCl2NO2S. The Labute approximate surface area is 126 Å². The lowest BCUT2D eigenvalue weighted by atomic mass is 10.2. The molecule has 0 saturated carbocycles. The van der Waals surface area contributed by atoms with E-state index in [0.717, 1.165) is 5.56 Å². The second-order valence-electron chi connectivity index (χ2n) is 4.22. The first-order valence-corrected chi connectivity index (χ1v) is 8.63. The van der Waals surface area contributed by atoms with Crippen molar-refractivity contribution in [3.63, 3.8) is 0 Å². The molecule has 0 fully saturated rings. The lowest BCUT2D eigenvalue weighted by Crippen LogP contribution is -2.22. The number of anilines is 1. The first-order chi connectivity index (χ1) is 8.25. The Morgan fingerprint density at radius 2 is 2.06 bits per heavy atom. The Morgan fingerprint density at radius 1 is 1.44 bits per heavy atom. The largest absolute Gasteiger partial charge is 0.282 e. The summed E-state index contributed by atoms with van der Waals surface area (Å²) >= 11 is 14.9. The minimum Gasteiger partial charge on any atom is -0.282 e. The van der Waals surface area contributed by atoms with E-state index in [0.29, 0.717) is 21.1 Å². The number of hydrogen-bond acceptors (Lipinski definition) is 2. The van der Waals surface area contributed by atoms with Gasteiger partial charge in [0.05, 0.1) is 11.4 Å². The van der Waals surface area contributed by atoms with E-state index in [1.807, 2.05) is 6.92 Å². The third-order valence-electron chi connectivity index (χ3n) is 2.28. The van der Waals surface area contributed by atoms with Crippen LogP contribution >= 0.6 is 39.1 Å². The summed E-state index contributed by atoms with van der Waals surface area (Å²) in [6.07, 6.45) is 0. The maximum atomic E-state index is 11.9. The third kappa shape index (κ3) is 4.61. The van der Waals surface area contributed by atoms with Gasteiger partial charge < -0.3 is 0 Å². The molecule has 0 aliphatic heterocycles. The van der Waals surface area contributed by atoms with Gasteiger partial charge in [0.2, 0.25) is 10.0 Å². The number of rotatable bonds is 5. The minimum absolute atomic E-state index is 0.0194. The fourth-order valence-corrected chi connectivity index (χ4v) is 3.90. The van der Waals surface area contributed by atoms with Crippen molar-refractivity contribution < 1.29 is 8.42 Å². The van der Waals surface area contributed by atoms with E-state index < -0.39 is 10.0 Å². The van der Waals surface area contributed by atoms with Gasteiger partial charge in [0.1, 0.15) is 0 Å². The van der Waals surface area contributed by atoms with Gasteiger partial charge in [-0.3, -0.25) is 4.72 Å². The predicted molar refractivity (Wildman–Crippen MR) is 81.2 cm³/mol. The zero-order valence-electron chi connectivity index (χ0n) is 10.0. The number of alkyl halides is 1. The second kappa shape index (κ2) is 6.46. The number of aryl methyl sites for hydroxylation is 1. The van der Waals surface area contributed by atoms with Crippen molar-refractivity contribution in [1.82, 2.24) is 0 Å². The van der Waals surface area contributed by atoms with Crippen molar-refractivity contribution in [3.05, 3.63) is 27.2 Å². The van der Waals surface area contributed by atoms with Crippen molar-refractivity contribution in [2.75, 3.05) is 16.4 Å². The molecule has 0 amide bonds. The summed E-state index contributed by atoms with van der Waals surface area (Å²) in [6, 6.07) is 3.36. The summed E-state index contributed by atoms with van der Waals surface area (Å²) in [4.78, 5) is 0. The Balaban J connectivity index is 2.94. The van der Waals surface area contributed by atoms with Crippen LogP contribution in [-0.4, -0.2) is 20.1 Å². The summed E-state index contributed by atoms with van der Waals surface area (Å²) < 4.78 is 26.9. The van der Waals surface area contributed by atoms with E-state index in [1.165, 1.54) is 0 Å². The van der Waals surface area contributed by atoms with E-state index >= 15 is 0 Å². The van der Waals surface area contributed by atoms with Crippen LogP contribution in [0.5, 0.6) is 0 Å². The standard InChI is InChI=1S/C11H14BrCl2NO2S/c1-7(5-13)6-18(16,17)15-11-4-10(14)8(2)3-9(11)12/h3-4,7,15H,5-6H2,1-2H3. The first kappa shape index (κ1) is 16.1. The molecule has 102 valence electrons. The van der Waals surface area contributed by atoms with Crippen molar-refractivity contribution >= 4 is 54.8 Å². The molecule has 0 bridgehead atoms. The highest BCUT2D eigenvalue weighted by atomic mass is 79.9. The molecule has 0 heterocycles. The quantitative estimate of drug-likeness (QED) is 0.791. The highest BCUT2D eigenvalue weighted by Crippen LogP contribution is 2.30. The van der Waals surface area contributed by atoms with Crippen LogP contribution in [-0.2, 0) is 10.0 Å². The monoisotopic (exact) mass is 373 g/mol. The van der Waals surface area contributed by atoms with E-state index in [9.17, 15) is 8.42 Å². The Morgan fingerprint density at radius 3 is 2.61 bits per heavy atom. The van der Waals surface area contributed by atoms with E-state index in [-0.39, 0.29) is 11.7 Å². The van der Waals surface area contributed by atoms with Crippen LogP contribution in [0.4, 0.5) is 5.69 Å². The molecule has 0 spiro atoms. The van der Waals surface area contributed by atoms with Crippen molar-refractivity contribution in [3.8, 4) is 0 Å². The molecule has 3 nitrogen and oxygen atoms in total. The van der Waals surface area contributed by atoms with Crippen LogP contribution in [0.3, 0.4) is 0 Å². The zero-order chi connectivity index (χ0) is 13.9. The molecule has 1 aromatic rings. The van der Waals surface area contributed by atoms with Crippen LogP contribution in [0.15, 0.2) is 16.6 Å². The molecule has 0 aliphatic carbocycles. The van der Waals surface area contributed by atoms with Crippen LogP contribution < -0.4 is 4.72 Å². The minimum atomic E-state index is -3.42. The van der Waals surface area contributed by atoms with Gasteiger partial charge in [-0.15, -0.1) is 11.6 Å². The van der Waals surface area contributed by atoms with Gasteiger partial charge in [0, 0.05) is 15.4 Å². The van der Waals surface area contributed by atoms with Gasteiger partial charge in [-0.1, -0.05) is 18.5 Å². The van der Waals surface area contributed by atoms with Gasteiger partial charge in [-0.25, -0.2) is 8.42 Å². The fourth-order valence-electron chi connectivity index (χ4n) is 1.35. The lowest BCUT2D eigenvalue weighted by molar-refractivity contribution is 0.588. The molecule has 1 unspecified atom stereocenters. The Bertz CT molecular complexity index is 534. The predicted octanol–water partition coefficient (Wildman–Crippen LogP) is 4.03. The summed E-state index contributed by atoms with van der Waals surface area (Å²) in [6.45, 7) is 3.63. The van der Waals surface area contributed by atoms with Crippen molar-refractivity contribution in [1.29, 1.82) is 0 Å². The van der Waals surface area contributed by atoms with Crippen molar-refractivity contribution in [2.45, 2.75) is 13.8 Å². The van der Waals surface area contributed by atoms with E-state index in [1.54, 1.807) is 19.1 Å². The molecule has 1 N–H and O–H groups in total. The maximum Gasteiger partial charge on any atom is 0.233 e. The molecule has 0 saturated heterocycles. The van der Waals surface area contributed by atoms with Gasteiger partial charge in [-0.05, 0) is 46.5 Å². The maximum absolute atomic E-state index is 11.9. The normalized spacial score (nSPS) is 13.4. The van der Waals surface area contributed by atoms with Crippen molar-refractivity contribution in [2.24, 2.45) is 5.92 Å². The van der Waals surface area contributed by atoms with Crippen LogP contribution in [0, 0.1) is 12.8 Å². The molecule has 0 radical (unpaired) electrons. The van der Waals surface area contributed by atoms with E-state index in [4.69, 9.17) is 23.2 Å². The highest BCUT2D eigenvalue weighted by molar-refractivity contribution is 9.10. The van der Waals surface area contributed by atoms with Gasteiger partial charge >= 0.3 is 0 Å². The number of sulfonamides is 1. The van der Waals surface area contributed by atoms with Gasteiger partial charge in [0.15, 0.2) is 0 Å². The molecule has 0 aromatic heterocycles. The van der Waals surface area contributed by atoms with Crippen LogP contribution in [0.25, 0.3) is 0 Å². The molecule has 18 heavy (non-hydrogen) atoms.